The van der Waals surface area contributed by atoms with E-state index in [1.54, 1.807) is 27.5 Å². The molecule has 0 saturated carbocycles. The van der Waals surface area contributed by atoms with Gasteiger partial charge in [-0.05, 0) is 29.7 Å². The molecule has 0 saturated heterocycles. The van der Waals surface area contributed by atoms with Crippen LogP contribution in [0.5, 0.6) is 11.5 Å². The van der Waals surface area contributed by atoms with Gasteiger partial charge in [-0.25, -0.2) is 4.98 Å². The van der Waals surface area contributed by atoms with E-state index in [-0.39, 0.29) is 29.4 Å². The Bertz CT molecular complexity index is 908. The zero-order valence-electron chi connectivity index (χ0n) is 19.9. The molecule has 9 heteroatoms. The fourth-order valence-electron chi connectivity index (χ4n) is 3.58. The van der Waals surface area contributed by atoms with E-state index in [0.717, 1.165) is 55.8 Å². The van der Waals surface area contributed by atoms with Crippen LogP contribution in [-0.2, 0) is 24.9 Å². The molecular formula is C23H36IN5O3. The van der Waals surface area contributed by atoms with E-state index in [1.807, 2.05) is 0 Å². The number of oxazole rings is 1. The minimum absolute atomic E-state index is 0. The number of benzene rings is 1. The Kier molecular flexibility index (Phi) is 9.63. The fourth-order valence-corrected chi connectivity index (χ4v) is 3.58. The van der Waals surface area contributed by atoms with Gasteiger partial charge in [0.05, 0.1) is 27.0 Å². The molecule has 1 aliphatic rings. The lowest BCUT2D eigenvalue weighted by atomic mass is 9.94. The van der Waals surface area contributed by atoms with Crippen molar-refractivity contribution in [3.63, 3.8) is 0 Å². The lowest BCUT2D eigenvalue weighted by Gasteiger charge is -2.29. The standard InChI is InChI=1S/C23H35N5O3.HI/c1-23(2,3)20-13-26-21(31-20)14-27-22(24-4)25-8-10-28-9-7-16-11-18(29-5)19(30-6)12-17(16)15-28;/h11-13H,7-10,14-15H2,1-6H3,(H2,24,25,27);1H. The van der Waals surface area contributed by atoms with Crippen LogP contribution >= 0.6 is 24.0 Å². The van der Waals surface area contributed by atoms with E-state index >= 15 is 0 Å². The number of hydrogen-bond acceptors (Lipinski definition) is 6. The van der Waals surface area contributed by atoms with Gasteiger partial charge in [-0.3, -0.25) is 9.89 Å². The van der Waals surface area contributed by atoms with Crippen LogP contribution < -0.4 is 20.1 Å². The van der Waals surface area contributed by atoms with Crippen LogP contribution in [0.15, 0.2) is 27.7 Å². The highest BCUT2D eigenvalue weighted by Gasteiger charge is 2.20. The van der Waals surface area contributed by atoms with Crippen molar-refractivity contribution >= 4 is 29.9 Å². The Hall–Kier alpha value is -2.01. The summed E-state index contributed by atoms with van der Waals surface area (Å²) in [6.45, 7) is 10.4. The molecule has 8 nitrogen and oxygen atoms in total. The molecule has 2 aromatic rings. The number of fused-ring (bicyclic) bond motifs is 1. The molecule has 1 aromatic carbocycles. The molecule has 0 unspecified atom stereocenters. The molecule has 2 heterocycles. The van der Waals surface area contributed by atoms with Gasteiger partial charge in [0.25, 0.3) is 0 Å². The molecule has 0 spiro atoms. The third-order valence-electron chi connectivity index (χ3n) is 5.44. The molecule has 0 radical (unpaired) electrons. The predicted octanol–water partition coefficient (Wildman–Crippen LogP) is 3.33. The van der Waals surface area contributed by atoms with Gasteiger partial charge in [0, 0.05) is 38.6 Å². The number of hydrogen-bond donors (Lipinski definition) is 2. The summed E-state index contributed by atoms with van der Waals surface area (Å²) in [7, 11) is 5.12. The Morgan fingerprint density at radius 3 is 2.44 bits per heavy atom. The molecular weight excluding hydrogens is 521 g/mol. The van der Waals surface area contributed by atoms with Crippen LogP contribution in [0.2, 0.25) is 0 Å². The van der Waals surface area contributed by atoms with Gasteiger partial charge < -0.3 is 24.5 Å². The van der Waals surface area contributed by atoms with E-state index in [9.17, 15) is 0 Å². The first-order valence-electron chi connectivity index (χ1n) is 10.7. The summed E-state index contributed by atoms with van der Waals surface area (Å²) in [4.78, 5) is 11.1. The second kappa shape index (κ2) is 11.7. The third-order valence-corrected chi connectivity index (χ3v) is 5.44. The number of ether oxygens (including phenoxy) is 2. The van der Waals surface area contributed by atoms with Gasteiger partial charge in [0.1, 0.15) is 5.76 Å². The highest BCUT2D eigenvalue weighted by Crippen LogP contribution is 2.33. The van der Waals surface area contributed by atoms with Gasteiger partial charge in [-0.1, -0.05) is 20.8 Å². The van der Waals surface area contributed by atoms with E-state index in [2.05, 4.69) is 58.4 Å². The largest absolute Gasteiger partial charge is 0.493 e. The van der Waals surface area contributed by atoms with E-state index in [1.165, 1.54) is 11.1 Å². The second-order valence-corrected chi connectivity index (χ2v) is 8.72. The van der Waals surface area contributed by atoms with E-state index in [0.29, 0.717) is 12.4 Å². The zero-order chi connectivity index (χ0) is 22.4. The Morgan fingerprint density at radius 2 is 1.84 bits per heavy atom. The molecule has 3 rings (SSSR count). The minimum atomic E-state index is -0.0482. The van der Waals surface area contributed by atoms with Crippen LogP contribution in [0, 0.1) is 0 Å². The molecule has 0 fully saturated rings. The van der Waals surface area contributed by atoms with Crippen LogP contribution in [0.1, 0.15) is 43.5 Å². The van der Waals surface area contributed by atoms with Crippen molar-refractivity contribution in [1.29, 1.82) is 0 Å². The fraction of sp³-hybridized carbons (Fsp3) is 0.565. The zero-order valence-corrected chi connectivity index (χ0v) is 22.3. The average molecular weight is 557 g/mol. The highest BCUT2D eigenvalue weighted by molar-refractivity contribution is 14.0. The number of halogens is 1. The van der Waals surface area contributed by atoms with E-state index < -0.39 is 0 Å². The number of nitrogens with one attached hydrogen (secondary N) is 2. The number of aromatic nitrogens is 1. The number of methoxy groups -OCH3 is 2. The van der Waals surface area contributed by atoms with Crippen LogP contribution in [0.4, 0.5) is 0 Å². The van der Waals surface area contributed by atoms with Crippen molar-refractivity contribution in [2.75, 3.05) is 40.9 Å². The van der Waals surface area contributed by atoms with Crippen molar-refractivity contribution in [1.82, 2.24) is 20.5 Å². The van der Waals surface area contributed by atoms with Crippen LogP contribution in [-0.4, -0.2) is 56.7 Å². The van der Waals surface area contributed by atoms with Crippen LogP contribution in [0.3, 0.4) is 0 Å². The minimum Gasteiger partial charge on any atom is -0.493 e. The second-order valence-electron chi connectivity index (χ2n) is 8.72. The normalized spacial score (nSPS) is 14.4. The molecule has 1 aliphatic heterocycles. The molecule has 2 N–H and O–H groups in total. The Labute approximate surface area is 208 Å². The maximum absolute atomic E-state index is 5.83. The van der Waals surface area contributed by atoms with Gasteiger partial charge in [-0.15, -0.1) is 24.0 Å². The van der Waals surface area contributed by atoms with Crippen molar-refractivity contribution in [3.05, 3.63) is 41.1 Å². The molecule has 178 valence electrons. The summed E-state index contributed by atoms with van der Waals surface area (Å²) < 4.78 is 16.7. The smallest absolute Gasteiger partial charge is 0.213 e. The van der Waals surface area contributed by atoms with Crippen molar-refractivity contribution in [2.45, 2.75) is 45.7 Å². The Morgan fingerprint density at radius 1 is 1.16 bits per heavy atom. The molecule has 1 aromatic heterocycles. The summed E-state index contributed by atoms with van der Waals surface area (Å²) >= 11 is 0. The SMILES string of the molecule is CN=C(NCCN1CCc2cc(OC)c(OC)cc2C1)NCc1ncc(C(C)(C)C)o1.I. The molecule has 0 amide bonds. The summed E-state index contributed by atoms with van der Waals surface area (Å²) in [6, 6.07) is 4.19. The van der Waals surface area contributed by atoms with Gasteiger partial charge in [0.15, 0.2) is 17.5 Å². The van der Waals surface area contributed by atoms with Gasteiger partial charge in [0.2, 0.25) is 5.89 Å². The van der Waals surface area contributed by atoms with Gasteiger partial charge in [-0.2, -0.15) is 0 Å². The molecule has 0 atom stereocenters. The highest BCUT2D eigenvalue weighted by atomic mass is 127. The van der Waals surface area contributed by atoms with E-state index in [4.69, 9.17) is 13.9 Å². The monoisotopic (exact) mass is 557 g/mol. The first-order chi connectivity index (χ1) is 14.8. The molecule has 32 heavy (non-hydrogen) atoms. The van der Waals surface area contributed by atoms with Crippen molar-refractivity contribution < 1.29 is 13.9 Å². The number of nitrogens with zero attached hydrogens (tertiary/aromatic N) is 3. The predicted molar refractivity (Wildman–Crippen MR) is 137 cm³/mol. The van der Waals surface area contributed by atoms with Crippen LogP contribution in [0.25, 0.3) is 0 Å². The third kappa shape index (κ3) is 6.74. The first kappa shape index (κ1) is 26.2. The molecule has 0 bridgehead atoms. The van der Waals surface area contributed by atoms with Crippen molar-refractivity contribution in [3.8, 4) is 11.5 Å². The number of aliphatic imine (C=N–C) groups is 1. The number of guanidine groups is 1. The maximum atomic E-state index is 5.83. The lowest BCUT2D eigenvalue weighted by molar-refractivity contribution is 0.256. The summed E-state index contributed by atoms with van der Waals surface area (Å²) in [5.41, 5.74) is 2.58. The number of rotatable bonds is 7. The molecule has 0 aliphatic carbocycles. The summed E-state index contributed by atoms with van der Waals surface area (Å²) in [5, 5.41) is 6.64. The lowest BCUT2D eigenvalue weighted by Crippen LogP contribution is -2.42. The first-order valence-corrected chi connectivity index (χ1v) is 10.7. The maximum Gasteiger partial charge on any atom is 0.213 e. The summed E-state index contributed by atoms with van der Waals surface area (Å²) in [5.74, 6) is 3.86. The van der Waals surface area contributed by atoms with Gasteiger partial charge >= 0.3 is 0 Å². The average Bonchev–Trinajstić information content (AvgIpc) is 3.24. The van der Waals surface area contributed by atoms with Crippen molar-refractivity contribution in [2.24, 2.45) is 4.99 Å². The summed E-state index contributed by atoms with van der Waals surface area (Å²) in [6.07, 6.45) is 2.80. The Balaban J connectivity index is 0.00000363. The topological polar surface area (TPSA) is 84.2 Å². The quantitative estimate of drug-likeness (QED) is 0.307.